The highest BCUT2D eigenvalue weighted by Gasteiger charge is 2.19. The van der Waals surface area contributed by atoms with Crippen molar-refractivity contribution in [2.45, 2.75) is 33.0 Å². The predicted octanol–water partition coefficient (Wildman–Crippen LogP) is 2.47. The molecular formula is C16H21N3O. The van der Waals surface area contributed by atoms with Gasteiger partial charge in [-0.25, -0.2) is 0 Å². The molecule has 0 amide bonds. The number of fused-ring (bicyclic) bond motifs is 1. The number of aromatic nitrogens is 2. The van der Waals surface area contributed by atoms with Gasteiger partial charge in [-0.05, 0) is 36.6 Å². The van der Waals surface area contributed by atoms with Gasteiger partial charge in [-0.1, -0.05) is 12.1 Å². The standard InChI is InChI=1S/C16H21N3O/c1-3-19-14(7-9-17-19)12-18-10-8-15-13(11-18)5-4-6-16(15)20-2/h4-7,9H,3,8,10-12H2,1-2H3. The number of hydrogen-bond donors (Lipinski definition) is 0. The summed E-state index contributed by atoms with van der Waals surface area (Å²) in [4.78, 5) is 2.48. The summed E-state index contributed by atoms with van der Waals surface area (Å²) in [6.45, 7) is 6.08. The van der Waals surface area contributed by atoms with Crippen LogP contribution < -0.4 is 4.74 Å². The van der Waals surface area contributed by atoms with Crippen molar-refractivity contribution >= 4 is 0 Å². The van der Waals surface area contributed by atoms with Crippen molar-refractivity contribution in [3.63, 3.8) is 0 Å². The number of ether oxygens (including phenoxy) is 1. The molecule has 0 fully saturated rings. The molecule has 2 heterocycles. The fourth-order valence-electron chi connectivity index (χ4n) is 2.97. The average molecular weight is 271 g/mol. The molecule has 0 spiro atoms. The average Bonchev–Trinajstić information content (AvgIpc) is 2.93. The third kappa shape index (κ3) is 2.43. The lowest BCUT2D eigenvalue weighted by molar-refractivity contribution is 0.235. The largest absolute Gasteiger partial charge is 0.496 e. The Morgan fingerprint density at radius 2 is 2.20 bits per heavy atom. The summed E-state index contributed by atoms with van der Waals surface area (Å²) >= 11 is 0. The molecule has 0 atom stereocenters. The van der Waals surface area contributed by atoms with Crippen LogP contribution in [-0.2, 0) is 26.1 Å². The minimum atomic E-state index is 0.931. The van der Waals surface area contributed by atoms with E-state index in [0.717, 1.165) is 38.3 Å². The first-order valence-electron chi connectivity index (χ1n) is 7.19. The molecular weight excluding hydrogens is 250 g/mol. The summed E-state index contributed by atoms with van der Waals surface area (Å²) in [6.07, 6.45) is 2.94. The highest BCUT2D eigenvalue weighted by molar-refractivity contribution is 5.41. The van der Waals surface area contributed by atoms with Crippen LogP contribution in [0, 0.1) is 0 Å². The molecule has 1 aliphatic heterocycles. The van der Waals surface area contributed by atoms with Crippen molar-refractivity contribution in [2.75, 3.05) is 13.7 Å². The van der Waals surface area contributed by atoms with E-state index in [2.05, 4.69) is 45.9 Å². The highest BCUT2D eigenvalue weighted by atomic mass is 16.5. The van der Waals surface area contributed by atoms with Gasteiger partial charge in [0.2, 0.25) is 0 Å². The van der Waals surface area contributed by atoms with Crippen molar-refractivity contribution in [2.24, 2.45) is 0 Å². The van der Waals surface area contributed by atoms with E-state index in [-0.39, 0.29) is 0 Å². The summed E-state index contributed by atoms with van der Waals surface area (Å²) in [5.41, 5.74) is 4.05. The zero-order valence-electron chi connectivity index (χ0n) is 12.2. The Balaban J connectivity index is 1.76. The van der Waals surface area contributed by atoms with Gasteiger partial charge in [-0.2, -0.15) is 5.10 Å². The van der Waals surface area contributed by atoms with Crippen molar-refractivity contribution in [1.29, 1.82) is 0 Å². The van der Waals surface area contributed by atoms with Gasteiger partial charge in [0.05, 0.1) is 12.8 Å². The molecule has 20 heavy (non-hydrogen) atoms. The molecule has 3 rings (SSSR count). The van der Waals surface area contributed by atoms with Crippen molar-refractivity contribution in [3.8, 4) is 5.75 Å². The Labute approximate surface area is 120 Å². The molecule has 0 saturated carbocycles. The van der Waals surface area contributed by atoms with Gasteiger partial charge in [-0.3, -0.25) is 9.58 Å². The van der Waals surface area contributed by atoms with E-state index in [1.54, 1.807) is 7.11 Å². The fourth-order valence-corrected chi connectivity index (χ4v) is 2.97. The van der Waals surface area contributed by atoms with Crippen LogP contribution in [0.1, 0.15) is 23.7 Å². The third-order valence-electron chi connectivity index (χ3n) is 4.01. The molecule has 4 heteroatoms. The molecule has 1 aromatic heterocycles. The van der Waals surface area contributed by atoms with E-state index < -0.39 is 0 Å². The monoisotopic (exact) mass is 271 g/mol. The Morgan fingerprint density at radius 3 is 3.00 bits per heavy atom. The van der Waals surface area contributed by atoms with Crippen LogP contribution in [0.5, 0.6) is 5.75 Å². The Hall–Kier alpha value is -1.81. The van der Waals surface area contributed by atoms with Crippen LogP contribution in [0.2, 0.25) is 0 Å². The maximum absolute atomic E-state index is 5.46. The topological polar surface area (TPSA) is 30.3 Å². The molecule has 0 saturated heterocycles. The molecule has 1 aromatic carbocycles. The molecule has 4 nitrogen and oxygen atoms in total. The van der Waals surface area contributed by atoms with Crippen LogP contribution in [0.3, 0.4) is 0 Å². The van der Waals surface area contributed by atoms with Crippen LogP contribution in [0.4, 0.5) is 0 Å². The lowest BCUT2D eigenvalue weighted by atomic mass is 9.98. The van der Waals surface area contributed by atoms with E-state index in [4.69, 9.17) is 4.74 Å². The number of nitrogens with zero attached hydrogens (tertiary/aromatic N) is 3. The van der Waals surface area contributed by atoms with Gasteiger partial charge in [-0.15, -0.1) is 0 Å². The smallest absolute Gasteiger partial charge is 0.122 e. The summed E-state index contributed by atoms with van der Waals surface area (Å²) in [7, 11) is 1.75. The van der Waals surface area contributed by atoms with E-state index in [1.807, 2.05) is 6.20 Å². The maximum Gasteiger partial charge on any atom is 0.122 e. The van der Waals surface area contributed by atoms with Gasteiger partial charge in [0.1, 0.15) is 5.75 Å². The Bertz CT molecular complexity index is 591. The molecule has 0 N–H and O–H groups in total. The molecule has 106 valence electrons. The first kappa shape index (κ1) is 13.2. The molecule has 2 aromatic rings. The number of methoxy groups -OCH3 is 1. The number of benzene rings is 1. The lowest BCUT2D eigenvalue weighted by Crippen LogP contribution is -2.31. The Kier molecular flexibility index (Phi) is 3.74. The minimum absolute atomic E-state index is 0.931. The molecule has 0 aliphatic carbocycles. The summed E-state index contributed by atoms with van der Waals surface area (Å²) in [5.74, 6) is 1.03. The first-order valence-corrected chi connectivity index (χ1v) is 7.19. The highest BCUT2D eigenvalue weighted by Crippen LogP contribution is 2.28. The fraction of sp³-hybridized carbons (Fsp3) is 0.438. The van der Waals surface area contributed by atoms with E-state index in [9.17, 15) is 0 Å². The van der Waals surface area contributed by atoms with E-state index in [0.29, 0.717) is 0 Å². The van der Waals surface area contributed by atoms with Crippen molar-refractivity contribution in [1.82, 2.24) is 14.7 Å². The van der Waals surface area contributed by atoms with Crippen LogP contribution in [-0.4, -0.2) is 28.3 Å². The third-order valence-corrected chi connectivity index (χ3v) is 4.01. The van der Waals surface area contributed by atoms with Gasteiger partial charge in [0.25, 0.3) is 0 Å². The zero-order chi connectivity index (χ0) is 13.9. The van der Waals surface area contributed by atoms with Gasteiger partial charge >= 0.3 is 0 Å². The van der Waals surface area contributed by atoms with Crippen LogP contribution in [0.25, 0.3) is 0 Å². The van der Waals surface area contributed by atoms with Crippen molar-refractivity contribution in [3.05, 3.63) is 47.3 Å². The minimum Gasteiger partial charge on any atom is -0.496 e. The second-order valence-electron chi connectivity index (χ2n) is 5.20. The number of aryl methyl sites for hydroxylation is 1. The van der Waals surface area contributed by atoms with Gasteiger partial charge in [0.15, 0.2) is 0 Å². The van der Waals surface area contributed by atoms with Crippen LogP contribution >= 0.6 is 0 Å². The molecule has 0 unspecified atom stereocenters. The van der Waals surface area contributed by atoms with Crippen molar-refractivity contribution < 1.29 is 4.74 Å². The Morgan fingerprint density at radius 1 is 1.30 bits per heavy atom. The lowest BCUT2D eigenvalue weighted by Gasteiger charge is -2.29. The predicted molar refractivity (Wildman–Crippen MR) is 78.7 cm³/mol. The van der Waals surface area contributed by atoms with E-state index in [1.165, 1.54) is 16.8 Å². The molecule has 1 aliphatic rings. The maximum atomic E-state index is 5.46. The van der Waals surface area contributed by atoms with Crippen LogP contribution in [0.15, 0.2) is 30.5 Å². The van der Waals surface area contributed by atoms with Gasteiger partial charge in [0, 0.05) is 32.4 Å². The number of rotatable bonds is 4. The quantitative estimate of drug-likeness (QED) is 0.856. The molecule has 0 radical (unpaired) electrons. The second-order valence-corrected chi connectivity index (χ2v) is 5.20. The first-order chi connectivity index (χ1) is 9.81. The van der Waals surface area contributed by atoms with Gasteiger partial charge < -0.3 is 4.74 Å². The summed E-state index contributed by atoms with van der Waals surface area (Å²) in [5, 5.41) is 4.34. The second kappa shape index (κ2) is 5.67. The normalized spacial score (nSPS) is 15.1. The van der Waals surface area contributed by atoms with E-state index >= 15 is 0 Å². The SMILES string of the molecule is CCn1nccc1CN1CCc2c(cccc2OC)C1. The summed E-state index contributed by atoms with van der Waals surface area (Å²) < 4.78 is 7.53. The zero-order valence-corrected chi connectivity index (χ0v) is 12.2. The summed E-state index contributed by atoms with van der Waals surface area (Å²) in [6, 6.07) is 8.46. The molecule has 0 bridgehead atoms. The number of hydrogen-bond acceptors (Lipinski definition) is 3.